The molecule has 1 heterocycles. The molecular weight excluding hydrogens is 340 g/mol. The molecular formula is C18H15ClN4O2. The number of halogens is 1. The van der Waals surface area contributed by atoms with Gasteiger partial charge in [-0.25, -0.2) is 4.79 Å². The van der Waals surface area contributed by atoms with E-state index < -0.39 is 5.97 Å². The Morgan fingerprint density at radius 2 is 2.00 bits per heavy atom. The van der Waals surface area contributed by atoms with Crippen LogP contribution >= 0.6 is 11.6 Å². The first-order valence-corrected chi connectivity index (χ1v) is 7.95. The van der Waals surface area contributed by atoms with Crippen LogP contribution in [0, 0.1) is 6.92 Å². The number of ether oxygens (including phenoxy) is 1. The molecule has 0 N–H and O–H groups in total. The van der Waals surface area contributed by atoms with E-state index in [1.807, 2.05) is 36.4 Å². The van der Waals surface area contributed by atoms with Gasteiger partial charge in [0.2, 0.25) is 0 Å². The summed E-state index contributed by atoms with van der Waals surface area (Å²) in [6, 6.07) is 16.6. The zero-order valence-electron chi connectivity index (χ0n) is 13.5. The van der Waals surface area contributed by atoms with Crippen molar-refractivity contribution in [2.45, 2.75) is 13.5 Å². The summed E-state index contributed by atoms with van der Waals surface area (Å²) in [6.45, 7) is 1.82. The summed E-state index contributed by atoms with van der Waals surface area (Å²) in [5.41, 5.74) is 1.87. The lowest BCUT2D eigenvalue weighted by atomic mass is 10.2. The van der Waals surface area contributed by atoms with E-state index in [-0.39, 0.29) is 12.3 Å². The number of aromatic nitrogens is 4. The average Bonchev–Trinajstić information content (AvgIpc) is 3.04. The van der Waals surface area contributed by atoms with Crippen molar-refractivity contribution >= 4 is 29.3 Å². The number of hydrogen-bond donors (Lipinski definition) is 0. The fourth-order valence-electron chi connectivity index (χ4n) is 2.22. The van der Waals surface area contributed by atoms with E-state index in [0.717, 1.165) is 11.1 Å². The van der Waals surface area contributed by atoms with Crippen LogP contribution < -0.4 is 0 Å². The van der Waals surface area contributed by atoms with Crippen molar-refractivity contribution in [1.82, 2.24) is 20.2 Å². The van der Waals surface area contributed by atoms with Crippen LogP contribution in [-0.4, -0.2) is 26.2 Å². The van der Waals surface area contributed by atoms with E-state index in [2.05, 4.69) is 15.5 Å². The van der Waals surface area contributed by atoms with Gasteiger partial charge in [-0.1, -0.05) is 54.1 Å². The first-order valence-electron chi connectivity index (χ1n) is 7.57. The Morgan fingerprint density at radius 1 is 1.20 bits per heavy atom. The number of hydrogen-bond acceptors (Lipinski definition) is 5. The van der Waals surface area contributed by atoms with E-state index in [1.165, 1.54) is 4.68 Å². The third-order valence-corrected chi connectivity index (χ3v) is 3.66. The van der Waals surface area contributed by atoms with Gasteiger partial charge in [-0.3, -0.25) is 0 Å². The molecule has 3 rings (SSSR count). The molecule has 0 spiro atoms. The Labute approximate surface area is 149 Å². The predicted molar refractivity (Wildman–Crippen MR) is 94.4 cm³/mol. The Morgan fingerprint density at radius 3 is 2.68 bits per heavy atom. The third-order valence-electron chi connectivity index (χ3n) is 3.42. The first-order chi connectivity index (χ1) is 12.1. The highest BCUT2D eigenvalue weighted by atomic mass is 35.5. The Balaban J connectivity index is 1.85. The molecule has 6 nitrogen and oxygen atoms in total. The van der Waals surface area contributed by atoms with Crippen LogP contribution in [0.3, 0.4) is 0 Å². The van der Waals surface area contributed by atoms with E-state index in [0.29, 0.717) is 10.8 Å². The van der Waals surface area contributed by atoms with Gasteiger partial charge in [-0.05, 0) is 46.7 Å². The van der Waals surface area contributed by atoms with Gasteiger partial charge in [0.05, 0.1) is 0 Å². The minimum atomic E-state index is -0.528. The SMILES string of the molecule is Cc1nnnn1/C(=C/c1ccccc1)C(=O)OCc1cccc(Cl)c1. The van der Waals surface area contributed by atoms with Crippen molar-refractivity contribution < 1.29 is 9.53 Å². The van der Waals surface area contributed by atoms with Crippen molar-refractivity contribution in [2.24, 2.45) is 0 Å². The van der Waals surface area contributed by atoms with Crippen molar-refractivity contribution in [3.63, 3.8) is 0 Å². The zero-order chi connectivity index (χ0) is 17.6. The lowest BCUT2D eigenvalue weighted by molar-refractivity contribution is -0.138. The molecule has 0 aliphatic carbocycles. The molecule has 0 bridgehead atoms. The van der Waals surface area contributed by atoms with Crippen LogP contribution in [0.15, 0.2) is 54.6 Å². The summed E-state index contributed by atoms with van der Waals surface area (Å²) >= 11 is 5.95. The Hall–Kier alpha value is -2.99. The summed E-state index contributed by atoms with van der Waals surface area (Å²) in [4.78, 5) is 12.6. The normalized spacial score (nSPS) is 11.4. The first kappa shape index (κ1) is 16.9. The highest BCUT2D eigenvalue weighted by molar-refractivity contribution is 6.30. The van der Waals surface area contributed by atoms with Crippen LogP contribution in [0.1, 0.15) is 17.0 Å². The lowest BCUT2D eigenvalue weighted by Gasteiger charge is -2.09. The van der Waals surface area contributed by atoms with Crippen molar-refractivity contribution in [2.75, 3.05) is 0 Å². The number of benzene rings is 2. The molecule has 25 heavy (non-hydrogen) atoms. The molecule has 0 amide bonds. The summed E-state index contributed by atoms with van der Waals surface area (Å²) < 4.78 is 6.77. The molecule has 3 aromatic rings. The van der Waals surface area contributed by atoms with Crippen molar-refractivity contribution in [1.29, 1.82) is 0 Å². The number of carbonyl (C=O) groups excluding carboxylic acids is 1. The molecule has 0 saturated carbocycles. The molecule has 126 valence electrons. The molecule has 0 fully saturated rings. The van der Waals surface area contributed by atoms with Gasteiger partial charge in [0.15, 0.2) is 11.5 Å². The molecule has 0 unspecified atom stereocenters. The quantitative estimate of drug-likeness (QED) is 0.519. The van der Waals surface area contributed by atoms with Gasteiger partial charge in [-0.15, -0.1) is 5.10 Å². The summed E-state index contributed by atoms with van der Waals surface area (Å²) in [5, 5.41) is 11.9. The maximum Gasteiger partial charge on any atom is 0.357 e. The Kier molecular flexibility index (Phi) is 5.20. The van der Waals surface area contributed by atoms with E-state index in [1.54, 1.807) is 31.2 Å². The van der Waals surface area contributed by atoms with Crippen LogP contribution in [0.5, 0.6) is 0 Å². The molecule has 0 saturated heterocycles. The number of nitrogens with zero attached hydrogens (tertiary/aromatic N) is 4. The monoisotopic (exact) mass is 354 g/mol. The smallest absolute Gasteiger partial charge is 0.357 e. The largest absolute Gasteiger partial charge is 0.456 e. The molecule has 0 radical (unpaired) electrons. The van der Waals surface area contributed by atoms with Crippen LogP contribution in [0.4, 0.5) is 0 Å². The summed E-state index contributed by atoms with van der Waals surface area (Å²) in [6.07, 6.45) is 1.68. The van der Waals surface area contributed by atoms with Gasteiger partial charge in [-0.2, -0.15) is 4.68 Å². The highest BCUT2D eigenvalue weighted by Crippen LogP contribution is 2.16. The molecule has 0 aliphatic heterocycles. The van der Waals surface area contributed by atoms with Gasteiger partial charge >= 0.3 is 5.97 Å². The van der Waals surface area contributed by atoms with Crippen LogP contribution in [0.25, 0.3) is 11.8 Å². The second kappa shape index (κ2) is 7.72. The predicted octanol–water partition coefficient (Wildman–Crippen LogP) is 3.38. The van der Waals surface area contributed by atoms with E-state index in [9.17, 15) is 4.79 Å². The zero-order valence-corrected chi connectivity index (χ0v) is 14.2. The Bertz CT molecular complexity index is 906. The average molecular weight is 355 g/mol. The standard InChI is InChI=1S/C18H15ClN4O2/c1-13-20-21-22-23(13)17(11-14-6-3-2-4-7-14)18(24)25-12-15-8-5-9-16(19)10-15/h2-11H,12H2,1H3/b17-11+. The minimum Gasteiger partial charge on any atom is -0.456 e. The lowest BCUT2D eigenvalue weighted by Crippen LogP contribution is -2.15. The van der Waals surface area contributed by atoms with Gasteiger partial charge in [0, 0.05) is 5.02 Å². The maximum absolute atomic E-state index is 12.6. The number of rotatable bonds is 5. The maximum atomic E-state index is 12.6. The fourth-order valence-corrected chi connectivity index (χ4v) is 2.43. The highest BCUT2D eigenvalue weighted by Gasteiger charge is 2.18. The molecule has 0 atom stereocenters. The van der Waals surface area contributed by atoms with Gasteiger partial charge in [0.25, 0.3) is 0 Å². The second-order valence-corrected chi connectivity index (χ2v) is 5.72. The number of carbonyl (C=O) groups is 1. The summed E-state index contributed by atoms with van der Waals surface area (Å²) in [5.74, 6) is -0.0406. The fraction of sp³-hybridized carbons (Fsp3) is 0.111. The van der Waals surface area contributed by atoms with E-state index in [4.69, 9.17) is 16.3 Å². The van der Waals surface area contributed by atoms with Crippen LogP contribution in [0.2, 0.25) is 5.02 Å². The number of tetrazole rings is 1. The molecule has 2 aromatic carbocycles. The molecule has 1 aromatic heterocycles. The van der Waals surface area contributed by atoms with Gasteiger partial charge < -0.3 is 4.74 Å². The van der Waals surface area contributed by atoms with Crippen molar-refractivity contribution in [3.05, 3.63) is 76.6 Å². The summed E-state index contributed by atoms with van der Waals surface area (Å²) in [7, 11) is 0. The van der Waals surface area contributed by atoms with E-state index >= 15 is 0 Å². The van der Waals surface area contributed by atoms with Crippen LogP contribution in [-0.2, 0) is 16.1 Å². The number of aryl methyl sites for hydroxylation is 1. The number of esters is 1. The van der Waals surface area contributed by atoms with Crippen molar-refractivity contribution in [3.8, 4) is 0 Å². The second-order valence-electron chi connectivity index (χ2n) is 5.28. The molecule has 7 heteroatoms. The third kappa shape index (κ3) is 4.30. The molecule has 0 aliphatic rings. The minimum absolute atomic E-state index is 0.104. The van der Waals surface area contributed by atoms with Gasteiger partial charge in [0.1, 0.15) is 6.61 Å². The topological polar surface area (TPSA) is 69.9 Å².